The maximum absolute atomic E-state index is 11.6. The van der Waals surface area contributed by atoms with E-state index >= 15 is 0 Å². The Hall–Kier alpha value is -1.40. The van der Waals surface area contributed by atoms with Crippen LogP contribution in [0.2, 0.25) is 0 Å². The van der Waals surface area contributed by atoms with Gasteiger partial charge in [0, 0.05) is 19.5 Å². The molecule has 0 bridgehead atoms. The number of amides is 2. The lowest BCUT2D eigenvalue weighted by Gasteiger charge is -2.10. The van der Waals surface area contributed by atoms with Crippen molar-refractivity contribution in [2.45, 2.75) is 31.8 Å². The molecule has 0 aromatic carbocycles. The van der Waals surface area contributed by atoms with Crippen LogP contribution in [0.3, 0.4) is 0 Å². The molecule has 2 amide bonds. The van der Waals surface area contributed by atoms with Gasteiger partial charge in [0.2, 0.25) is 5.91 Å². The Kier molecular flexibility index (Phi) is 5.55. The second-order valence-electron chi connectivity index (χ2n) is 5.05. The standard InChI is InChI=1S/C14H20N2O3S/c17-11(10-5-6-10)9-16-13(18)4-1-7-15-14(19)12-3-2-8-20-12/h2-3,8,10-11,17H,1,4-7,9H2,(H,15,19)(H,16,18). The van der Waals surface area contributed by atoms with Gasteiger partial charge in [-0.05, 0) is 36.6 Å². The molecule has 1 aliphatic rings. The summed E-state index contributed by atoms with van der Waals surface area (Å²) in [7, 11) is 0. The normalized spacial score (nSPS) is 15.7. The SMILES string of the molecule is O=C(CCCNC(=O)c1cccs1)NCC(O)C1CC1. The van der Waals surface area contributed by atoms with Crippen molar-refractivity contribution in [3.8, 4) is 0 Å². The summed E-state index contributed by atoms with van der Waals surface area (Å²) in [6, 6.07) is 3.60. The van der Waals surface area contributed by atoms with Gasteiger partial charge in [0.15, 0.2) is 0 Å². The average Bonchev–Trinajstić information content (AvgIpc) is 3.15. The van der Waals surface area contributed by atoms with E-state index in [0.29, 0.717) is 36.7 Å². The lowest BCUT2D eigenvalue weighted by atomic mass is 10.2. The van der Waals surface area contributed by atoms with Crippen LogP contribution in [0.4, 0.5) is 0 Å². The number of hydrogen-bond donors (Lipinski definition) is 3. The second-order valence-corrected chi connectivity index (χ2v) is 5.99. The van der Waals surface area contributed by atoms with E-state index in [-0.39, 0.29) is 11.8 Å². The first-order valence-electron chi connectivity index (χ1n) is 6.93. The highest BCUT2D eigenvalue weighted by atomic mass is 32.1. The van der Waals surface area contributed by atoms with Crippen molar-refractivity contribution in [3.63, 3.8) is 0 Å². The molecule has 0 aliphatic heterocycles. The molecule has 2 rings (SSSR count). The number of carbonyl (C=O) groups is 2. The molecule has 1 aromatic rings. The molecule has 1 aromatic heterocycles. The van der Waals surface area contributed by atoms with Crippen LogP contribution in [-0.4, -0.2) is 36.1 Å². The Morgan fingerprint density at radius 2 is 2.20 bits per heavy atom. The lowest BCUT2D eigenvalue weighted by Crippen LogP contribution is -2.33. The predicted octanol–water partition coefficient (Wildman–Crippen LogP) is 1.15. The van der Waals surface area contributed by atoms with E-state index in [1.54, 1.807) is 6.07 Å². The monoisotopic (exact) mass is 296 g/mol. The molecule has 1 unspecified atom stereocenters. The molecule has 1 saturated carbocycles. The summed E-state index contributed by atoms with van der Waals surface area (Å²) < 4.78 is 0. The smallest absolute Gasteiger partial charge is 0.261 e. The molecule has 1 atom stereocenters. The van der Waals surface area contributed by atoms with Gasteiger partial charge in [0.1, 0.15) is 0 Å². The maximum Gasteiger partial charge on any atom is 0.261 e. The van der Waals surface area contributed by atoms with Gasteiger partial charge in [-0.2, -0.15) is 0 Å². The van der Waals surface area contributed by atoms with Gasteiger partial charge >= 0.3 is 0 Å². The van der Waals surface area contributed by atoms with Crippen molar-refractivity contribution in [3.05, 3.63) is 22.4 Å². The lowest BCUT2D eigenvalue weighted by molar-refractivity contribution is -0.121. The first kappa shape index (κ1) is 15.0. The van der Waals surface area contributed by atoms with Gasteiger partial charge in [-0.25, -0.2) is 0 Å². The molecule has 3 N–H and O–H groups in total. The zero-order chi connectivity index (χ0) is 14.4. The molecule has 6 heteroatoms. The second kappa shape index (κ2) is 7.40. The molecule has 1 heterocycles. The highest BCUT2D eigenvalue weighted by Crippen LogP contribution is 2.32. The fraction of sp³-hybridized carbons (Fsp3) is 0.571. The van der Waals surface area contributed by atoms with E-state index < -0.39 is 6.10 Å². The summed E-state index contributed by atoms with van der Waals surface area (Å²) in [6.45, 7) is 0.820. The summed E-state index contributed by atoms with van der Waals surface area (Å²) in [5.41, 5.74) is 0. The minimum atomic E-state index is -0.405. The maximum atomic E-state index is 11.6. The zero-order valence-electron chi connectivity index (χ0n) is 11.3. The summed E-state index contributed by atoms with van der Waals surface area (Å²) in [5, 5.41) is 17.0. The third-order valence-corrected chi connectivity index (χ3v) is 4.15. The molecule has 1 fully saturated rings. The van der Waals surface area contributed by atoms with Crippen LogP contribution in [0.5, 0.6) is 0 Å². The van der Waals surface area contributed by atoms with Crippen molar-refractivity contribution in [2.24, 2.45) is 5.92 Å². The van der Waals surface area contributed by atoms with E-state index in [1.807, 2.05) is 11.4 Å². The summed E-state index contributed by atoms with van der Waals surface area (Å²) >= 11 is 1.40. The van der Waals surface area contributed by atoms with Crippen LogP contribution >= 0.6 is 11.3 Å². The number of hydrogen-bond acceptors (Lipinski definition) is 4. The number of thiophene rings is 1. The topological polar surface area (TPSA) is 78.4 Å². The molecule has 0 saturated heterocycles. The highest BCUT2D eigenvalue weighted by molar-refractivity contribution is 7.12. The number of nitrogens with one attached hydrogen (secondary N) is 2. The van der Waals surface area contributed by atoms with E-state index in [2.05, 4.69) is 10.6 Å². The number of carbonyl (C=O) groups excluding carboxylic acids is 2. The quantitative estimate of drug-likeness (QED) is 0.630. The minimum Gasteiger partial charge on any atom is -0.391 e. The van der Waals surface area contributed by atoms with E-state index in [9.17, 15) is 14.7 Å². The Bertz CT molecular complexity index is 443. The highest BCUT2D eigenvalue weighted by Gasteiger charge is 2.29. The molecule has 110 valence electrons. The Labute approximate surface area is 122 Å². The predicted molar refractivity (Wildman–Crippen MR) is 77.6 cm³/mol. The molecule has 0 radical (unpaired) electrons. The number of rotatable bonds is 8. The third kappa shape index (κ3) is 4.94. The van der Waals surface area contributed by atoms with Crippen LogP contribution < -0.4 is 10.6 Å². The van der Waals surface area contributed by atoms with Crippen LogP contribution in [0.1, 0.15) is 35.4 Å². The van der Waals surface area contributed by atoms with Gasteiger partial charge in [-0.1, -0.05) is 6.07 Å². The van der Waals surface area contributed by atoms with Crippen LogP contribution in [0, 0.1) is 5.92 Å². The van der Waals surface area contributed by atoms with Gasteiger partial charge in [-0.15, -0.1) is 11.3 Å². The van der Waals surface area contributed by atoms with Crippen molar-refractivity contribution in [1.82, 2.24) is 10.6 Å². The van der Waals surface area contributed by atoms with Gasteiger partial charge in [-0.3, -0.25) is 9.59 Å². The first-order chi connectivity index (χ1) is 9.66. The van der Waals surface area contributed by atoms with E-state index in [4.69, 9.17) is 0 Å². The fourth-order valence-corrected chi connectivity index (χ4v) is 2.54. The Morgan fingerprint density at radius 3 is 2.85 bits per heavy atom. The van der Waals surface area contributed by atoms with Crippen LogP contribution in [0.15, 0.2) is 17.5 Å². The van der Waals surface area contributed by atoms with Crippen LogP contribution in [-0.2, 0) is 4.79 Å². The van der Waals surface area contributed by atoms with Crippen molar-refractivity contribution < 1.29 is 14.7 Å². The van der Waals surface area contributed by atoms with Gasteiger partial charge < -0.3 is 15.7 Å². The minimum absolute atomic E-state index is 0.0740. The first-order valence-corrected chi connectivity index (χ1v) is 7.81. The molecular formula is C14H20N2O3S. The van der Waals surface area contributed by atoms with Gasteiger partial charge in [0.25, 0.3) is 5.91 Å². The van der Waals surface area contributed by atoms with E-state index in [0.717, 1.165) is 12.8 Å². The average molecular weight is 296 g/mol. The third-order valence-electron chi connectivity index (χ3n) is 3.29. The zero-order valence-corrected chi connectivity index (χ0v) is 12.1. The summed E-state index contributed by atoms with van der Waals surface area (Å²) in [4.78, 5) is 23.8. The molecule has 5 nitrogen and oxygen atoms in total. The largest absolute Gasteiger partial charge is 0.391 e. The number of aliphatic hydroxyl groups excluding tert-OH is 1. The molecular weight excluding hydrogens is 276 g/mol. The summed E-state index contributed by atoms with van der Waals surface area (Å²) in [6.07, 6.45) is 2.68. The van der Waals surface area contributed by atoms with E-state index in [1.165, 1.54) is 11.3 Å². The van der Waals surface area contributed by atoms with Crippen molar-refractivity contribution in [2.75, 3.05) is 13.1 Å². The van der Waals surface area contributed by atoms with Crippen LogP contribution in [0.25, 0.3) is 0 Å². The molecule has 20 heavy (non-hydrogen) atoms. The number of aliphatic hydroxyl groups is 1. The Morgan fingerprint density at radius 1 is 1.40 bits per heavy atom. The van der Waals surface area contributed by atoms with Gasteiger partial charge in [0.05, 0.1) is 11.0 Å². The molecule has 0 spiro atoms. The van der Waals surface area contributed by atoms with Crippen molar-refractivity contribution in [1.29, 1.82) is 0 Å². The fourth-order valence-electron chi connectivity index (χ4n) is 1.90. The molecule has 1 aliphatic carbocycles. The summed E-state index contributed by atoms with van der Waals surface area (Å²) in [5.74, 6) is 0.208. The Balaban J connectivity index is 1.51. The van der Waals surface area contributed by atoms with Crippen molar-refractivity contribution >= 4 is 23.2 Å².